The second-order valence-corrected chi connectivity index (χ2v) is 6.55. The number of likely N-dealkylation sites (tertiary alicyclic amines) is 1. The minimum Gasteiger partial charge on any atom is -0.391 e. The van der Waals surface area contributed by atoms with Crippen molar-refractivity contribution in [2.24, 2.45) is 0 Å². The fourth-order valence-corrected chi connectivity index (χ4v) is 3.36. The third-order valence-electron chi connectivity index (χ3n) is 5.24. The van der Waals surface area contributed by atoms with Crippen LogP contribution < -0.4 is 0 Å². The Balaban J connectivity index is 2.15. The van der Waals surface area contributed by atoms with Gasteiger partial charge in [0.15, 0.2) is 0 Å². The highest BCUT2D eigenvalue weighted by molar-refractivity contribution is 5.27. The van der Waals surface area contributed by atoms with E-state index in [1.165, 1.54) is 25.3 Å². The molecule has 1 heterocycles. The number of aliphatic hydroxyl groups excluding tert-OH is 1. The summed E-state index contributed by atoms with van der Waals surface area (Å²) in [5.74, 6) is -0.223. The Morgan fingerprint density at radius 1 is 1.29 bits per heavy atom. The lowest BCUT2D eigenvalue weighted by Crippen LogP contribution is -2.56. The fourth-order valence-electron chi connectivity index (χ4n) is 3.36. The zero-order chi connectivity index (χ0) is 15.5. The van der Waals surface area contributed by atoms with Crippen LogP contribution in [-0.2, 0) is 6.42 Å². The molecule has 21 heavy (non-hydrogen) atoms. The number of aryl methyl sites for hydroxylation is 1. The smallest absolute Gasteiger partial charge is 0.123 e. The summed E-state index contributed by atoms with van der Waals surface area (Å²) >= 11 is 0. The Morgan fingerprint density at radius 2 is 1.95 bits per heavy atom. The van der Waals surface area contributed by atoms with E-state index in [1.807, 2.05) is 6.92 Å². The van der Waals surface area contributed by atoms with E-state index in [9.17, 15) is 9.50 Å². The van der Waals surface area contributed by atoms with Gasteiger partial charge in [0.25, 0.3) is 0 Å². The number of rotatable bonds is 5. The third kappa shape index (κ3) is 3.64. The molecule has 2 nitrogen and oxygen atoms in total. The van der Waals surface area contributed by atoms with Crippen LogP contribution in [-0.4, -0.2) is 34.7 Å². The van der Waals surface area contributed by atoms with Crippen LogP contribution in [0, 0.1) is 12.7 Å². The van der Waals surface area contributed by atoms with Crippen molar-refractivity contribution in [3.63, 3.8) is 0 Å². The largest absolute Gasteiger partial charge is 0.391 e. The SMILES string of the molecule is CCC(C)(C(O)Cc1cc(F)ccc1C)N1CCCCC1. The summed E-state index contributed by atoms with van der Waals surface area (Å²) in [7, 11) is 0. The Bertz CT molecular complexity index is 470. The Labute approximate surface area is 128 Å². The van der Waals surface area contributed by atoms with E-state index in [1.54, 1.807) is 12.1 Å². The van der Waals surface area contributed by atoms with Gasteiger partial charge in [-0.2, -0.15) is 0 Å². The van der Waals surface area contributed by atoms with Gasteiger partial charge in [-0.1, -0.05) is 19.4 Å². The minimum atomic E-state index is -0.471. The quantitative estimate of drug-likeness (QED) is 0.895. The zero-order valence-electron chi connectivity index (χ0n) is 13.5. The van der Waals surface area contributed by atoms with Gasteiger partial charge in [0.2, 0.25) is 0 Å². The number of halogens is 1. The maximum absolute atomic E-state index is 13.4. The molecule has 0 aliphatic carbocycles. The van der Waals surface area contributed by atoms with E-state index in [0.29, 0.717) is 6.42 Å². The topological polar surface area (TPSA) is 23.5 Å². The zero-order valence-corrected chi connectivity index (χ0v) is 13.5. The van der Waals surface area contributed by atoms with Gasteiger partial charge in [-0.25, -0.2) is 4.39 Å². The molecule has 1 aliphatic rings. The van der Waals surface area contributed by atoms with Crippen LogP contribution in [0.2, 0.25) is 0 Å². The molecule has 1 fully saturated rings. The molecule has 118 valence electrons. The van der Waals surface area contributed by atoms with Crippen molar-refractivity contribution < 1.29 is 9.50 Å². The first-order chi connectivity index (χ1) is 9.97. The van der Waals surface area contributed by atoms with Crippen molar-refractivity contribution >= 4 is 0 Å². The van der Waals surface area contributed by atoms with E-state index < -0.39 is 6.10 Å². The van der Waals surface area contributed by atoms with Gasteiger partial charge < -0.3 is 5.11 Å². The highest BCUT2D eigenvalue weighted by Crippen LogP contribution is 2.29. The van der Waals surface area contributed by atoms with E-state index in [-0.39, 0.29) is 11.4 Å². The maximum atomic E-state index is 13.4. The number of piperidine rings is 1. The molecule has 2 unspecified atom stereocenters. The van der Waals surface area contributed by atoms with Crippen molar-refractivity contribution in [2.75, 3.05) is 13.1 Å². The van der Waals surface area contributed by atoms with Crippen LogP contribution in [0.3, 0.4) is 0 Å². The van der Waals surface area contributed by atoms with Crippen LogP contribution in [0.5, 0.6) is 0 Å². The Kier molecular flexibility index (Phi) is 5.39. The molecule has 0 radical (unpaired) electrons. The van der Waals surface area contributed by atoms with E-state index >= 15 is 0 Å². The average molecular weight is 293 g/mol. The fraction of sp³-hybridized carbons (Fsp3) is 0.667. The molecular weight excluding hydrogens is 265 g/mol. The molecule has 0 amide bonds. The van der Waals surface area contributed by atoms with Crippen molar-refractivity contribution in [1.82, 2.24) is 4.90 Å². The first-order valence-electron chi connectivity index (χ1n) is 8.15. The van der Waals surface area contributed by atoms with Crippen LogP contribution in [0.4, 0.5) is 4.39 Å². The highest BCUT2D eigenvalue weighted by Gasteiger charge is 2.37. The summed E-state index contributed by atoms with van der Waals surface area (Å²) < 4.78 is 13.4. The molecule has 1 aliphatic heterocycles. The Hall–Kier alpha value is -0.930. The Morgan fingerprint density at radius 3 is 2.57 bits per heavy atom. The lowest BCUT2D eigenvalue weighted by atomic mass is 9.83. The molecule has 0 aromatic heterocycles. The minimum absolute atomic E-state index is 0.223. The molecule has 2 atom stereocenters. The van der Waals surface area contributed by atoms with E-state index in [0.717, 1.165) is 30.6 Å². The highest BCUT2D eigenvalue weighted by atomic mass is 19.1. The second kappa shape index (κ2) is 6.89. The summed E-state index contributed by atoms with van der Waals surface area (Å²) in [6.45, 7) is 8.38. The van der Waals surface area contributed by atoms with Gasteiger partial charge in [0, 0.05) is 12.0 Å². The summed E-state index contributed by atoms with van der Waals surface area (Å²) in [5, 5.41) is 10.8. The second-order valence-electron chi connectivity index (χ2n) is 6.55. The third-order valence-corrected chi connectivity index (χ3v) is 5.24. The predicted octanol–water partition coefficient (Wildman–Crippen LogP) is 3.69. The molecule has 1 aromatic carbocycles. The van der Waals surface area contributed by atoms with E-state index in [4.69, 9.17) is 0 Å². The summed E-state index contributed by atoms with van der Waals surface area (Å²) in [6.07, 6.45) is 4.66. The molecule has 1 N–H and O–H groups in total. The lowest BCUT2D eigenvalue weighted by Gasteiger charge is -2.46. The first kappa shape index (κ1) is 16.4. The number of hydrogen-bond acceptors (Lipinski definition) is 2. The van der Waals surface area contributed by atoms with Gasteiger partial charge in [-0.15, -0.1) is 0 Å². The van der Waals surface area contributed by atoms with Crippen molar-refractivity contribution in [2.45, 2.75) is 64.5 Å². The van der Waals surface area contributed by atoms with Gasteiger partial charge in [0.1, 0.15) is 5.82 Å². The van der Waals surface area contributed by atoms with Crippen molar-refractivity contribution in [1.29, 1.82) is 0 Å². The van der Waals surface area contributed by atoms with Gasteiger partial charge in [0.05, 0.1) is 6.10 Å². The molecule has 0 saturated carbocycles. The van der Waals surface area contributed by atoms with Crippen molar-refractivity contribution in [3.05, 3.63) is 35.1 Å². The van der Waals surface area contributed by atoms with Crippen LogP contribution in [0.25, 0.3) is 0 Å². The molecule has 0 bridgehead atoms. The average Bonchev–Trinajstić information content (AvgIpc) is 2.51. The summed E-state index contributed by atoms with van der Waals surface area (Å²) in [4.78, 5) is 2.43. The van der Waals surface area contributed by atoms with Gasteiger partial charge in [-0.3, -0.25) is 4.90 Å². The first-order valence-corrected chi connectivity index (χ1v) is 8.15. The van der Waals surface area contributed by atoms with Crippen LogP contribution in [0.15, 0.2) is 18.2 Å². The predicted molar refractivity (Wildman–Crippen MR) is 85.0 cm³/mol. The van der Waals surface area contributed by atoms with Gasteiger partial charge in [-0.05, 0) is 69.5 Å². The number of aliphatic hydroxyl groups is 1. The molecule has 1 aromatic rings. The lowest BCUT2D eigenvalue weighted by molar-refractivity contribution is -0.0329. The number of benzene rings is 1. The maximum Gasteiger partial charge on any atom is 0.123 e. The standard InChI is InChI=1S/C18H28FNO/c1-4-18(3,20-10-6-5-7-11-20)17(21)13-15-12-16(19)9-8-14(15)2/h8-9,12,17,21H,4-7,10-11,13H2,1-3H3. The normalized spacial score (nSPS) is 21.0. The summed E-state index contributed by atoms with van der Waals surface area (Å²) in [5.41, 5.74) is 1.74. The van der Waals surface area contributed by atoms with Crippen molar-refractivity contribution in [3.8, 4) is 0 Å². The van der Waals surface area contributed by atoms with Crippen LogP contribution in [0.1, 0.15) is 50.7 Å². The van der Waals surface area contributed by atoms with Gasteiger partial charge >= 0.3 is 0 Å². The molecule has 3 heteroatoms. The summed E-state index contributed by atoms with van der Waals surface area (Å²) in [6, 6.07) is 4.83. The van der Waals surface area contributed by atoms with E-state index in [2.05, 4.69) is 18.7 Å². The molecule has 1 saturated heterocycles. The number of nitrogens with zero attached hydrogens (tertiary/aromatic N) is 1. The monoisotopic (exact) mass is 293 g/mol. The molecular formula is C18H28FNO. The molecule has 2 rings (SSSR count). The van der Waals surface area contributed by atoms with Crippen LogP contribution >= 0.6 is 0 Å². The number of hydrogen-bond donors (Lipinski definition) is 1. The molecule has 0 spiro atoms.